The summed E-state index contributed by atoms with van der Waals surface area (Å²) < 4.78 is 26.7. The maximum Gasteiger partial charge on any atom is 0.314 e. The fourth-order valence-corrected chi connectivity index (χ4v) is 4.35. The first-order chi connectivity index (χ1) is 9.82. The van der Waals surface area contributed by atoms with Crippen LogP contribution in [0.2, 0.25) is 5.02 Å². The minimum Gasteiger partial charge on any atom is -0.351 e. The van der Waals surface area contributed by atoms with E-state index in [1.165, 1.54) is 15.3 Å². The Bertz CT molecular complexity index is 648. The number of urea groups is 1. The second-order valence-corrected chi connectivity index (χ2v) is 7.33. The Morgan fingerprint density at radius 2 is 1.95 bits per heavy atom. The van der Waals surface area contributed by atoms with Crippen LogP contribution in [-0.4, -0.2) is 49.8 Å². The van der Waals surface area contributed by atoms with Gasteiger partial charge in [0, 0.05) is 26.2 Å². The zero-order chi connectivity index (χ0) is 15.6. The van der Waals surface area contributed by atoms with Crippen molar-refractivity contribution in [2.45, 2.75) is 18.2 Å². The van der Waals surface area contributed by atoms with E-state index >= 15 is 0 Å². The zero-order valence-corrected chi connectivity index (χ0v) is 13.3. The van der Waals surface area contributed by atoms with Crippen LogP contribution in [0, 0.1) is 6.92 Å². The third kappa shape index (κ3) is 3.48. The number of aryl methyl sites for hydroxylation is 1. The van der Waals surface area contributed by atoms with E-state index in [2.05, 4.69) is 0 Å². The van der Waals surface area contributed by atoms with Crippen molar-refractivity contribution in [3.63, 3.8) is 0 Å². The van der Waals surface area contributed by atoms with Crippen LogP contribution in [0.25, 0.3) is 0 Å². The summed E-state index contributed by atoms with van der Waals surface area (Å²) in [4.78, 5) is 12.7. The SMILES string of the molecule is Cc1ccc(S(=O)(=O)N2CCCN(C(N)=O)CC2)c(Cl)c1. The molecule has 0 atom stereocenters. The molecule has 1 aliphatic rings. The number of hydrogen-bond acceptors (Lipinski definition) is 3. The fraction of sp³-hybridized carbons (Fsp3) is 0.462. The van der Waals surface area contributed by atoms with Gasteiger partial charge in [-0.15, -0.1) is 0 Å². The molecule has 1 aromatic rings. The minimum atomic E-state index is -3.66. The lowest BCUT2D eigenvalue weighted by molar-refractivity contribution is 0.210. The predicted molar refractivity (Wildman–Crippen MR) is 80.7 cm³/mol. The van der Waals surface area contributed by atoms with Crippen molar-refractivity contribution in [2.75, 3.05) is 26.2 Å². The Morgan fingerprint density at radius 1 is 1.24 bits per heavy atom. The Kier molecular flexibility index (Phi) is 4.75. The minimum absolute atomic E-state index is 0.0993. The number of carbonyl (C=O) groups is 1. The molecule has 0 unspecified atom stereocenters. The third-order valence-electron chi connectivity index (χ3n) is 3.47. The lowest BCUT2D eigenvalue weighted by Gasteiger charge is -2.21. The molecule has 0 spiro atoms. The molecule has 116 valence electrons. The molecule has 2 N–H and O–H groups in total. The van der Waals surface area contributed by atoms with Crippen LogP contribution in [0.5, 0.6) is 0 Å². The topological polar surface area (TPSA) is 83.7 Å². The molecule has 0 aliphatic carbocycles. The van der Waals surface area contributed by atoms with Gasteiger partial charge in [-0.2, -0.15) is 4.31 Å². The molecular formula is C13H18ClN3O3S. The Labute approximate surface area is 129 Å². The smallest absolute Gasteiger partial charge is 0.314 e. The summed E-state index contributed by atoms with van der Waals surface area (Å²) in [6.07, 6.45) is 0.547. The van der Waals surface area contributed by atoms with Crippen LogP contribution in [-0.2, 0) is 10.0 Å². The van der Waals surface area contributed by atoms with Crippen LogP contribution in [0.3, 0.4) is 0 Å². The van der Waals surface area contributed by atoms with Gasteiger partial charge in [-0.3, -0.25) is 0 Å². The van der Waals surface area contributed by atoms with Crippen molar-refractivity contribution in [3.05, 3.63) is 28.8 Å². The van der Waals surface area contributed by atoms with E-state index in [9.17, 15) is 13.2 Å². The molecule has 1 aromatic carbocycles. The number of primary amides is 1. The number of sulfonamides is 1. The molecule has 1 fully saturated rings. The molecule has 1 aliphatic heterocycles. The quantitative estimate of drug-likeness (QED) is 0.889. The van der Waals surface area contributed by atoms with Gasteiger partial charge in [-0.1, -0.05) is 17.7 Å². The van der Waals surface area contributed by atoms with Crippen LogP contribution in [0.1, 0.15) is 12.0 Å². The highest BCUT2D eigenvalue weighted by molar-refractivity contribution is 7.89. The van der Waals surface area contributed by atoms with E-state index in [0.29, 0.717) is 19.5 Å². The molecule has 21 heavy (non-hydrogen) atoms. The molecule has 2 rings (SSSR count). The van der Waals surface area contributed by atoms with Crippen molar-refractivity contribution in [1.82, 2.24) is 9.21 Å². The van der Waals surface area contributed by atoms with Crippen LogP contribution in [0.15, 0.2) is 23.1 Å². The van der Waals surface area contributed by atoms with Crippen molar-refractivity contribution in [3.8, 4) is 0 Å². The van der Waals surface area contributed by atoms with Crippen molar-refractivity contribution in [1.29, 1.82) is 0 Å². The fourth-order valence-electron chi connectivity index (χ4n) is 2.31. The van der Waals surface area contributed by atoms with Crippen molar-refractivity contribution >= 4 is 27.7 Å². The summed E-state index contributed by atoms with van der Waals surface area (Å²) in [5, 5.41) is 0.214. The largest absolute Gasteiger partial charge is 0.351 e. The van der Waals surface area contributed by atoms with E-state index < -0.39 is 16.1 Å². The Hall–Kier alpha value is -1.31. The van der Waals surface area contributed by atoms with Crippen LogP contribution in [0.4, 0.5) is 4.79 Å². The molecule has 1 saturated heterocycles. The average Bonchev–Trinajstić information content (AvgIpc) is 2.64. The average molecular weight is 332 g/mol. The highest BCUT2D eigenvalue weighted by atomic mass is 35.5. The maximum absolute atomic E-state index is 12.7. The summed E-state index contributed by atoms with van der Waals surface area (Å²) >= 11 is 6.06. The molecule has 0 saturated carbocycles. The first-order valence-electron chi connectivity index (χ1n) is 6.63. The van der Waals surface area contributed by atoms with E-state index in [1.54, 1.807) is 12.1 Å². The monoisotopic (exact) mass is 331 g/mol. The van der Waals surface area contributed by atoms with Crippen LogP contribution >= 0.6 is 11.6 Å². The summed E-state index contributed by atoms with van der Waals surface area (Å²) in [6.45, 7) is 3.16. The number of nitrogens with zero attached hydrogens (tertiary/aromatic N) is 2. The summed E-state index contributed by atoms with van der Waals surface area (Å²) in [6, 6.07) is 4.33. The van der Waals surface area contributed by atoms with E-state index in [-0.39, 0.29) is 23.0 Å². The number of carbonyl (C=O) groups excluding carboxylic acids is 1. The Balaban J connectivity index is 2.25. The van der Waals surface area contributed by atoms with Gasteiger partial charge in [0.1, 0.15) is 4.90 Å². The standard InChI is InChI=1S/C13H18ClN3O3S/c1-10-3-4-12(11(14)9-10)21(19,20)17-6-2-5-16(7-8-17)13(15)18/h3-4,9H,2,5-8H2,1H3,(H2,15,18). The number of halogens is 1. The van der Waals surface area contributed by atoms with Gasteiger partial charge in [0.25, 0.3) is 0 Å². The summed E-state index contributed by atoms with van der Waals surface area (Å²) in [7, 11) is -3.66. The lowest BCUT2D eigenvalue weighted by Crippen LogP contribution is -2.39. The van der Waals surface area contributed by atoms with Gasteiger partial charge in [0.15, 0.2) is 0 Å². The first kappa shape index (κ1) is 16.1. The van der Waals surface area contributed by atoms with E-state index in [1.807, 2.05) is 6.92 Å². The number of benzene rings is 1. The molecule has 0 radical (unpaired) electrons. The second-order valence-electron chi connectivity index (χ2n) is 5.02. The predicted octanol–water partition coefficient (Wildman–Crippen LogP) is 1.42. The zero-order valence-electron chi connectivity index (χ0n) is 11.8. The second kappa shape index (κ2) is 6.21. The number of rotatable bonds is 2. The highest BCUT2D eigenvalue weighted by Gasteiger charge is 2.29. The van der Waals surface area contributed by atoms with Gasteiger partial charge < -0.3 is 10.6 Å². The molecule has 6 nitrogen and oxygen atoms in total. The van der Waals surface area contributed by atoms with E-state index in [0.717, 1.165) is 5.56 Å². The van der Waals surface area contributed by atoms with Crippen molar-refractivity contribution < 1.29 is 13.2 Å². The molecule has 8 heteroatoms. The van der Waals surface area contributed by atoms with Gasteiger partial charge in [-0.25, -0.2) is 13.2 Å². The van der Waals surface area contributed by atoms with Gasteiger partial charge in [0.05, 0.1) is 5.02 Å². The van der Waals surface area contributed by atoms with E-state index in [4.69, 9.17) is 17.3 Å². The highest BCUT2D eigenvalue weighted by Crippen LogP contribution is 2.26. The van der Waals surface area contributed by atoms with Gasteiger partial charge in [-0.05, 0) is 31.0 Å². The third-order valence-corrected chi connectivity index (χ3v) is 5.85. The molecular weight excluding hydrogens is 314 g/mol. The summed E-state index contributed by atoms with van der Waals surface area (Å²) in [5.41, 5.74) is 6.14. The van der Waals surface area contributed by atoms with Gasteiger partial charge >= 0.3 is 6.03 Å². The lowest BCUT2D eigenvalue weighted by atomic mass is 10.2. The van der Waals surface area contributed by atoms with Crippen LogP contribution < -0.4 is 5.73 Å². The Morgan fingerprint density at radius 3 is 2.57 bits per heavy atom. The number of nitrogens with two attached hydrogens (primary N) is 1. The normalized spacial score (nSPS) is 17.5. The molecule has 0 aromatic heterocycles. The summed E-state index contributed by atoms with van der Waals surface area (Å²) in [5.74, 6) is 0. The molecule has 1 heterocycles. The first-order valence-corrected chi connectivity index (χ1v) is 8.45. The molecule has 0 bridgehead atoms. The van der Waals surface area contributed by atoms with Crippen molar-refractivity contribution in [2.24, 2.45) is 5.73 Å². The number of amides is 2. The number of hydrogen-bond donors (Lipinski definition) is 1. The maximum atomic E-state index is 12.7. The molecule has 2 amide bonds. The van der Waals surface area contributed by atoms with Gasteiger partial charge in [0.2, 0.25) is 10.0 Å².